The molecule has 0 amide bonds. The molecule has 0 spiro atoms. The molecule has 3 rings (SSSR count). The number of benzene rings is 2. The average molecular weight is 311 g/mol. The maximum Gasteiger partial charge on any atom is 0.335 e. The number of carboxylic acid groups (broad SMARTS) is 1. The largest absolute Gasteiger partial charge is 0.478 e. The van der Waals surface area contributed by atoms with Gasteiger partial charge in [-0.25, -0.2) is 4.79 Å². The summed E-state index contributed by atoms with van der Waals surface area (Å²) in [7, 11) is 0. The van der Waals surface area contributed by atoms with E-state index < -0.39 is 5.97 Å². The van der Waals surface area contributed by atoms with Gasteiger partial charge in [0.15, 0.2) is 10.6 Å². The first-order chi connectivity index (χ1) is 10.6. The molecule has 0 aliphatic rings. The van der Waals surface area contributed by atoms with E-state index in [2.05, 4.69) is 10.2 Å². The Morgan fingerprint density at radius 3 is 2.68 bits per heavy atom. The molecule has 1 heterocycles. The smallest absolute Gasteiger partial charge is 0.335 e. The molecule has 1 aromatic heterocycles. The van der Waals surface area contributed by atoms with Gasteiger partial charge >= 0.3 is 5.97 Å². The van der Waals surface area contributed by atoms with Crippen molar-refractivity contribution in [3.8, 4) is 11.4 Å². The lowest BCUT2D eigenvalue weighted by atomic mass is 10.1. The summed E-state index contributed by atoms with van der Waals surface area (Å²) in [6, 6.07) is 16.5. The van der Waals surface area contributed by atoms with Crippen LogP contribution < -0.4 is 0 Å². The van der Waals surface area contributed by atoms with E-state index in [1.807, 2.05) is 41.0 Å². The third-order valence-corrected chi connectivity index (χ3v) is 3.62. The maximum absolute atomic E-state index is 11.1. The molecule has 22 heavy (non-hydrogen) atoms. The lowest BCUT2D eigenvalue weighted by Crippen LogP contribution is -2.04. The standard InChI is InChI=1S/C16H13N3O2S/c20-15(21)13-8-4-5-11(9-13)10-19-14(17-18-16(19)22)12-6-2-1-3-7-12/h1-9H,10H2,(H,18,22)(H,20,21). The van der Waals surface area contributed by atoms with Gasteiger partial charge in [-0.15, -0.1) is 0 Å². The van der Waals surface area contributed by atoms with Crippen molar-refractivity contribution < 1.29 is 9.90 Å². The summed E-state index contributed by atoms with van der Waals surface area (Å²) in [5.74, 6) is -0.216. The van der Waals surface area contributed by atoms with E-state index in [1.165, 1.54) is 0 Å². The Kier molecular flexibility index (Phi) is 3.84. The normalized spacial score (nSPS) is 10.5. The van der Waals surface area contributed by atoms with Crippen LogP contribution in [0.15, 0.2) is 54.6 Å². The SMILES string of the molecule is O=C(O)c1cccc(Cn2c(-c3ccccc3)n[nH]c2=S)c1. The number of nitrogens with one attached hydrogen (secondary N) is 1. The zero-order chi connectivity index (χ0) is 15.5. The predicted molar refractivity (Wildman–Crippen MR) is 85.4 cm³/mol. The molecule has 0 aliphatic carbocycles. The highest BCUT2D eigenvalue weighted by Gasteiger charge is 2.10. The lowest BCUT2D eigenvalue weighted by Gasteiger charge is -2.08. The number of rotatable bonds is 4. The highest BCUT2D eigenvalue weighted by atomic mass is 32.1. The van der Waals surface area contributed by atoms with Gasteiger partial charge in [0.1, 0.15) is 0 Å². The fourth-order valence-corrected chi connectivity index (χ4v) is 2.45. The molecule has 0 atom stereocenters. The fraction of sp³-hybridized carbons (Fsp3) is 0.0625. The molecule has 2 N–H and O–H groups in total. The first-order valence-electron chi connectivity index (χ1n) is 6.68. The first-order valence-corrected chi connectivity index (χ1v) is 7.09. The Morgan fingerprint density at radius 1 is 1.18 bits per heavy atom. The number of nitrogens with zero attached hydrogens (tertiary/aromatic N) is 2. The molecule has 2 aromatic carbocycles. The molecular formula is C16H13N3O2S. The van der Waals surface area contributed by atoms with Crippen LogP contribution in [-0.2, 0) is 6.54 Å². The van der Waals surface area contributed by atoms with Gasteiger partial charge in [-0.2, -0.15) is 5.10 Å². The van der Waals surface area contributed by atoms with Crippen molar-refractivity contribution in [3.05, 3.63) is 70.5 Å². The molecule has 0 saturated heterocycles. The van der Waals surface area contributed by atoms with Gasteiger partial charge in [0.25, 0.3) is 0 Å². The molecule has 0 bridgehead atoms. The van der Waals surface area contributed by atoms with Gasteiger partial charge in [-0.05, 0) is 29.9 Å². The minimum Gasteiger partial charge on any atom is -0.478 e. The van der Waals surface area contributed by atoms with Crippen molar-refractivity contribution in [3.63, 3.8) is 0 Å². The van der Waals surface area contributed by atoms with E-state index in [0.29, 0.717) is 11.3 Å². The van der Waals surface area contributed by atoms with E-state index in [0.717, 1.165) is 17.0 Å². The van der Waals surface area contributed by atoms with Crippen molar-refractivity contribution in [2.45, 2.75) is 6.54 Å². The maximum atomic E-state index is 11.1. The van der Waals surface area contributed by atoms with Gasteiger partial charge in [0.05, 0.1) is 12.1 Å². The molecule has 6 heteroatoms. The van der Waals surface area contributed by atoms with Crippen LogP contribution in [-0.4, -0.2) is 25.8 Å². The van der Waals surface area contributed by atoms with Crippen molar-refractivity contribution in [1.82, 2.24) is 14.8 Å². The van der Waals surface area contributed by atoms with Crippen LogP contribution in [0.5, 0.6) is 0 Å². The van der Waals surface area contributed by atoms with Crippen molar-refractivity contribution >= 4 is 18.2 Å². The van der Waals surface area contributed by atoms with E-state index in [4.69, 9.17) is 17.3 Å². The number of H-pyrrole nitrogens is 1. The zero-order valence-corrected chi connectivity index (χ0v) is 12.4. The van der Waals surface area contributed by atoms with Gasteiger partial charge in [-0.3, -0.25) is 9.67 Å². The van der Waals surface area contributed by atoms with Crippen LogP contribution in [0.1, 0.15) is 15.9 Å². The Bertz CT molecular complexity index is 868. The number of aromatic carboxylic acids is 1. The van der Waals surface area contributed by atoms with E-state index in [1.54, 1.807) is 18.2 Å². The van der Waals surface area contributed by atoms with Crippen LogP contribution in [0.25, 0.3) is 11.4 Å². The molecule has 3 aromatic rings. The summed E-state index contributed by atoms with van der Waals surface area (Å²) >= 11 is 5.28. The monoisotopic (exact) mass is 311 g/mol. The van der Waals surface area contributed by atoms with Crippen LogP contribution in [0.2, 0.25) is 0 Å². The summed E-state index contributed by atoms with van der Waals surface area (Å²) in [5.41, 5.74) is 2.06. The Hall–Kier alpha value is -2.73. The molecule has 0 radical (unpaired) electrons. The zero-order valence-electron chi connectivity index (χ0n) is 11.6. The molecule has 0 fully saturated rings. The van der Waals surface area contributed by atoms with Crippen molar-refractivity contribution in [2.24, 2.45) is 0 Å². The molecular weight excluding hydrogens is 298 g/mol. The summed E-state index contributed by atoms with van der Waals surface area (Å²) in [6.07, 6.45) is 0. The number of aromatic nitrogens is 3. The topological polar surface area (TPSA) is 70.9 Å². The van der Waals surface area contributed by atoms with E-state index in [9.17, 15) is 4.79 Å². The highest BCUT2D eigenvalue weighted by Crippen LogP contribution is 2.18. The highest BCUT2D eigenvalue weighted by molar-refractivity contribution is 7.71. The minimum absolute atomic E-state index is 0.258. The summed E-state index contributed by atoms with van der Waals surface area (Å²) in [6.45, 7) is 0.459. The molecule has 0 saturated carbocycles. The molecule has 110 valence electrons. The van der Waals surface area contributed by atoms with E-state index >= 15 is 0 Å². The Labute approximate surface area is 131 Å². The van der Waals surface area contributed by atoms with E-state index in [-0.39, 0.29) is 5.56 Å². The second-order valence-corrected chi connectivity index (χ2v) is 5.20. The third-order valence-electron chi connectivity index (χ3n) is 3.30. The number of hydrogen-bond acceptors (Lipinski definition) is 3. The van der Waals surface area contributed by atoms with Crippen LogP contribution in [0, 0.1) is 4.77 Å². The first kappa shape index (κ1) is 14.2. The van der Waals surface area contributed by atoms with Gasteiger partial charge < -0.3 is 5.11 Å². The van der Waals surface area contributed by atoms with Crippen molar-refractivity contribution in [2.75, 3.05) is 0 Å². The molecule has 0 unspecified atom stereocenters. The quantitative estimate of drug-likeness (QED) is 0.725. The van der Waals surface area contributed by atoms with Crippen LogP contribution >= 0.6 is 12.2 Å². The fourth-order valence-electron chi connectivity index (χ4n) is 2.26. The summed E-state index contributed by atoms with van der Waals surface area (Å²) in [5, 5.41) is 16.1. The van der Waals surface area contributed by atoms with Crippen LogP contribution in [0.3, 0.4) is 0 Å². The second kappa shape index (κ2) is 5.95. The predicted octanol–water partition coefficient (Wildman–Crippen LogP) is 3.35. The third kappa shape index (κ3) is 2.82. The summed E-state index contributed by atoms with van der Waals surface area (Å²) < 4.78 is 2.35. The molecule has 0 aliphatic heterocycles. The van der Waals surface area contributed by atoms with Crippen molar-refractivity contribution in [1.29, 1.82) is 0 Å². The number of carboxylic acids is 1. The molecule has 5 nitrogen and oxygen atoms in total. The average Bonchev–Trinajstić information content (AvgIpc) is 2.89. The number of carbonyl (C=O) groups is 1. The van der Waals surface area contributed by atoms with Gasteiger partial charge in [-0.1, -0.05) is 42.5 Å². The number of aromatic amines is 1. The number of hydrogen-bond donors (Lipinski definition) is 2. The van der Waals surface area contributed by atoms with Crippen LogP contribution in [0.4, 0.5) is 0 Å². The Balaban J connectivity index is 2.00. The second-order valence-electron chi connectivity index (χ2n) is 4.81. The Morgan fingerprint density at radius 2 is 1.95 bits per heavy atom. The lowest BCUT2D eigenvalue weighted by molar-refractivity contribution is 0.0696. The van der Waals surface area contributed by atoms with Gasteiger partial charge in [0.2, 0.25) is 0 Å². The summed E-state index contributed by atoms with van der Waals surface area (Å²) in [4.78, 5) is 11.1. The van der Waals surface area contributed by atoms with Gasteiger partial charge in [0, 0.05) is 5.56 Å². The minimum atomic E-state index is -0.944.